The van der Waals surface area contributed by atoms with E-state index >= 15 is 0 Å². The van der Waals surface area contributed by atoms with Crippen molar-refractivity contribution in [3.05, 3.63) is 0 Å². The van der Waals surface area contributed by atoms with Crippen LogP contribution in [0.15, 0.2) is 0 Å². The number of nitrogens with one attached hydrogen (secondary N) is 2. The molecule has 0 aromatic rings. The number of nitrogens with zero attached hydrogens (tertiary/aromatic N) is 1. The van der Waals surface area contributed by atoms with Gasteiger partial charge < -0.3 is 10.6 Å². The fourth-order valence-electron chi connectivity index (χ4n) is 1.02. The van der Waals surface area contributed by atoms with Crippen LogP contribution in [-0.2, 0) is 4.79 Å². The highest BCUT2D eigenvalue weighted by molar-refractivity contribution is 5.75. The number of hydrogen-bond acceptors (Lipinski definition) is 4. The SMILES string of the molecule is CNC(=O)CCC(C)NCN(N)C(C)C. The van der Waals surface area contributed by atoms with Gasteiger partial charge >= 0.3 is 0 Å². The molecule has 1 unspecified atom stereocenters. The van der Waals surface area contributed by atoms with Crippen LogP contribution in [0.3, 0.4) is 0 Å². The molecule has 0 fully saturated rings. The summed E-state index contributed by atoms with van der Waals surface area (Å²) in [6.45, 7) is 6.78. The first-order valence-electron chi connectivity index (χ1n) is 5.42. The summed E-state index contributed by atoms with van der Waals surface area (Å²) in [5, 5.41) is 7.60. The lowest BCUT2D eigenvalue weighted by molar-refractivity contribution is -0.120. The quantitative estimate of drug-likeness (QED) is 0.319. The summed E-state index contributed by atoms with van der Waals surface area (Å²) in [5.74, 6) is 5.82. The van der Waals surface area contributed by atoms with Crippen LogP contribution in [0, 0.1) is 0 Å². The summed E-state index contributed by atoms with van der Waals surface area (Å²) in [4.78, 5) is 11.0. The van der Waals surface area contributed by atoms with E-state index in [-0.39, 0.29) is 5.91 Å². The molecule has 15 heavy (non-hydrogen) atoms. The first kappa shape index (κ1) is 14.3. The number of carbonyl (C=O) groups excluding carboxylic acids is 1. The molecule has 0 saturated carbocycles. The number of nitrogens with two attached hydrogens (primary N) is 1. The molecule has 1 amide bonds. The van der Waals surface area contributed by atoms with E-state index in [1.807, 2.05) is 13.8 Å². The molecule has 0 bridgehead atoms. The summed E-state index contributed by atoms with van der Waals surface area (Å²) in [5.41, 5.74) is 0. The maximum Gasteiger partial charge on any atom is 0.219 e. The largest absolute Gasteiger partial charge is 0.359 e. The first-order chi connectivity index (χ1) is 6.97. The monoisotopic (exact) mass is 216 g/mol. The van der Waals surface area contributed by atoms with Crippen molar-refractivity contribution < 1.29 is 4.79 Å². The molecular formula is C10H24N4O. The summed E-state index contributed by atoms with van der Waals surface area (Å²) in [6, 6.07) is 0.621. The number of rotatable bonds is 7. The van der Waals surface area contributed by atoms with Gasteiger partial charge in [0.25, 0.3) is 0 Å². The third kappa shape index (κ3) is 7.30. The van der Waals surface area contributed by atoms with E-state index in [0.29, 0.717) is 25.2 Å². The lowest BCUT2D eigenvalue weighted by atomic mass is 10.2. The lowest BCUT2D eigenvalue weighted by Crippen LogP contribution is -2.46. The van der Waals surface area contributed by atoms with Crippen molar-refractivity contribution in [2.24, 2.45) is 5.84 Å². The van der Waals surface area contributed by atoms with Crippen molar-refractivity contribution in [2.75, 3.05) is 13.7 Å². The van der Waals surface area contributed by atoms with Gasteiger partial charge in [0, 0.05) is 25.6 Å². The molecule has 0 radical (unpaired) electrons. The van der Waals surface area contributed by atoms with E-state index in [4.69, 9.17) is 5.84 Å². The van der Waals surface area contributed by atoms with E-state index in [0.717, 1.165) is 6.42 Å². The fourth-order valence-corrected chi connectivity index (χ4v) is 1.02. The minimum atomic E-state index is 0.0807. The van der Waals surface area contributed by atoms with Crippen molar-refractivity contribution in [1.82, 2.24) is 15.6 Å². The Kier molecular flexibility index (Phi) is 7.29. The number of hydrazine groups is 1. The van der Waals surface area contributed by atoms with Gasteiger partial charge in [-0.05, 0) is 27.2 Å². The van der Waals surface area contributed by atoms with Gasteiger partial charge in [-0.3, -0.25) is 10.6 Å². The molecule has 0 spiro atoms. The molecular weight excluding hydrogens is 192 g/mol. The minimum absolute atomic E-state index is 0.0807. The van der Waals surface area contributed by atoms with Crippen LogP contribution in [0.5, 0.6) is 0 Å². The van der Waals surface area contributed by atoms with Gasteiger partial charge in [-0.1, -0.05) is 0 Å². The van der Waals surface area contributed by atoms with E-state index in [1.165, 1.54) is 0 Å². The van der Waals surface area contributed by atoms with Gasteiger partial charge in [-0.25, -0.2) is 5.01 Å². The van der Waals surface area contributed by atoms with Crippen LogP contribution in [0.25, 0.3) is 0 Å². The smallest absolute Gasteiger partial charge is 0.219 e. The Morgan fingerprint density at radius 2 is 2.00 bits per heavy atom. The number of amides is 1. The molecule has 0 rings (SSSR count). The van der Waals surface area contributed by atoms with Gasteiger partial charge in [-0.2, -0.15) is 0 Å². The lowest BCUT2D eigenvalue weighted by Gasteiger charge is -2.23. The topological polar surface area (TPSA) is 70.4 Å². The summed E-state index contributed by atoms with van der Waals surface area (Å²) in [7, 11) is 1.65. The molecule has 0 aromatic carbocycles. The average Bonchev–Trinajstić information content (AvgIpc) is 2.21. The van der Waals surface area contributed by atoms with E-state index in [2.05, 4.69) is 17.6 Å². The Balaban J connectivity index is 3.57. The highest BCUT2D eigenvalue weighted by Crippen LogP contribution is 1.96. The van der Waals surface area contributed by atoms with Gasteiger partial charge in [0.05, 0.1) is 6.67 Å². The minimum Gasteiger partial charge on any atom is -0.359 e. The highest BCUT2D eigenvalue weighted by Gasteiger charge is 2.07. The van der Waals surface area contributed by atoms with Crippen molar-refractivity contribution >= 4 is 5.91 Å². The average molecular weight is 216 g/mol. The zero-order valence-electron chi connectivity index (χ0n) is 10.2. The Labute approximate surface area is 92.4 Å². The van der Waals surface area contributed by atoms with E-state index in [9.17, 15) is 4.79 Å². The van der Waals surface area contributed by atoms with Crippen LogP contribution in [0.4, 0.5) is 0 Å². The molecule has 1 atom stereocenters. The second-order valence-electron chi connectivity index (χ2n) is 4.08. The Hall–Kier alpha value is -0.650. The van der Waals surface area contributed by atoms with Crippen molar-refractivity contribution in [2.45, 2.75) is 45.7 Å². The maximum absolute atomic E-state index is 11.0. The zero-order chi connectivity index (χ0) is 11.8. The number of hydrogen-bond donors (Lipinski definition) is 3. The van der Waals surface area contributed by atoms with Gasteiger partial charge in [-0.15, -0.1) is 0 Å². The van der Waals surface area contributed by atoms with Crippen molar-refractivity contribution in [1.29, 1.82) is 0 Å². The zero-order valence-corrected chi connectivity index (χ0v) is 10.2. The van der Waals surface area contributed by atoms with Crippen molar-refractivity contribution in [3.8, 4) is 0 Å². The van der Waals surface area contributed by atoms with Crippen molar-refractivity contribution in [3.63, 3.8) is 0 Å². The fraction of sp³-hybridized carbons (Fsp3) is 0.900. The second kappa shape index (κ2) is 7.62. The molecule has 0 aliphatic heterocycles. The summed E-state index contributed by atoms with van der Waals surface area (Å²) >= 11 is 0. The van der Waals surface area contributed by atoms with Crippen LogP contribution < -0.4 is 16.5 Å². The van der Waals surface area contributed by atoms with Gasteiger partial charge in [0.15, 0.2) is 0 Å². The molecule has 0 aromatic heterocycles. The Bertz CT molecular complexity index is 184. The first-order valence-corrected chi connectivity index (χ1v) is 5.42. The summed E-state index contributed by atoms with van der Waals surface area (Å²) in [6.07, 6.45) is 1.38. The highest BCUT2D eigenvalue weighted by atomic mass is 16.1. The predicted molar refractivity (Wildman–Crippen MR) is 61.9 cm³/mol. The second-order valence-corrected chi connectivity index (χ2v) is 4.08. The normalized spacial score (nSPS) is 13.3. The predicted octanol–water partition coefficient (Wildman–Crippen LogP) is 0.0323. The molecule has 90 valence electrons. The molecule has 0 aliphatic carbocycles. The van der Waals surface area contributed by atoms with Crippen LogP contribution in [0.1, 0.15) is 33.6 Å². The van der Waals surface area contributed by atoms with E-state index in [1.54, 1.807) is 12.1 Å². The summed E-state index contributed by atoms with van der Waals surface area (Å²) < 4.78 is 0. The molecule has 4 N–H and O–H groups in total. The van der Waals surface area contributed by atoms with Crippen LogP contribution >= 0.6 is 0 Å². The molecule has 5 heteroatoms. The van der Waals surface area contributed by atoms with Gasteiger partial charge in [0.1, 0.15) is 0 Å². The maximum atomic E-state index is 11.0. The third-order valence-electron chi connectivity index (χ3n) is 2.37. The molecule has 0 aliphatic rings. The number of carbonyl (C=O) groups is 1. The molecule has 0 saturated heterocycles. The Morgan fingerprint density at radius 3 is 2.47 bits per heavy atom. The molecule has 0 heterocycles. The van der Waals surface area contributed by atoms with E-state index < -0.39 is 0 Å². The standard InChI is InChI=1S/C10H24N4O/c1-8(2)14(11)7-13-9(3)5-6-10(15)12-4/h8-9,13H,5-7,11H2,1-4H3,(H,12,15). The molecule has 5 nitrogen and oxygen atoms in total. The Morgan fingerprint density at radius 1 is 1.40 bits per heavy atom. The van der Waals surface area contributed by atoms with Crippen LogP contribution in [-0.4, -0.2) is 36.7 Å². The van der Waals surface area contributed by atoms with Crippen LogP contribution in [0.2, 0.25) is 0 Å². The third-order valence-corrected chi connectivity index (χ3v) is 2.37. The van der Waals surface area contributed by atoms with Gasteiger partial charge in [0.2, 0.25) is 5.91 Å².